The summed E-state index contributed by atoms with van der Waals surface area (Å²) in [6.45, 7) is 6.78. The number of rotatable bonds is 8. The van der Waals surface area contributed by atoms with Gasteiger partial charge in [-0.25, -0.2) is 8.42 Å². The number of carbonyl (C=O) groups excluding carboxylic acids is 1. The second-order valence-electron chi connectivity index (χ2n) is 14.0. The summed E-state index contributed by atoms with van der Waals surface area (Å²) in [5.41, 5.74) is 3.73. The van der Waals surface area contributed by atoms with Gasteiger partial charge in [0, 0.05) is 48.4 Å². The second-order valence-corrected chi connectivity index (χ2v) is 15.8. The molecule has 2 saturated heterocycles. The number of ether oxygens (including phenoxy) is 1. The fraction of sp³-hybridized carbons (Fsp3) is 0.500. The Bertz CT molecular complexity index is 1830. The minimum Gasteiger partial charge on any atom is -0.428 e. The number of allylic oxidation sites excluding steroid dienone is 1. The molecule has 14 heteroatoms. The van der Waals surface area contributed by atoms with Crippen LogP contribution in [-0.4, -0.2) is 84.3 Å². The Morgan fingerprint density at radius 3 is 2.26 bits per heavy atom. The number of hydrogen-bond acceptors (Lipinski definition) is 7. The first kappa shape index (κ1) is 36.1. The molecular weight excluding hydrogens is 676 g/mol. The van der Waals surface area contributed by atoms with Gasteiger partial charge in [0.1, 0.15) is 17.1 Å². The van der Waals surface area contributed by atoms with Crippen LogP contribution >= 0.6 is 0 Å². The maximum atomic E-state index is 13.6. The van der Waals surface area contributed by atoms with E-state index in [2.05, 4.69) is 10.1 Å². The van der Waals surface area contributed by atoms with E-state index in [0.717, 1.165) is 36.1 Å². The molecule has 0 radical (unpaired) electrons. The third-order valence-electron chi connectivity index (χ3n) is 10.2. The van der Waals surface area contributed by atoms with Gasteiger partial charge in [0.2, 0.25) is 10.0 Å². The Morgan fingerprint density at radius 1 is 1.04 bits per heavy atom. The number of aryl methyl sites for hydroxylation is 2. The molecule has 1 spiro atoms. The van der Waals surface area contributed by atoms with Gasteiger partial charge in [0.05, 0.1) is 5.60 Å². The molecule has 0 bridgehead atoms. The lowest BCUT2D eigenvalue weighted by Gasteiger charge is -2.38. The zero-order valence-electron chi connectivity index (χ0n) is 28.3. The smallest absolute Gasteiger partial charge is 0.428 e. The van der Waals surface area contributed by atoms with Crippen molar-refractivity contribution >= 4 is 27.8 Å². The van der Waals surface area contributed by atoms with Crippen LogP contribution in [0.15, 0.2) is 58.1 Å². The molecule has 0 unspecified atom stereocenters. The number of benzene rings is 2. The number of halogens is 4. The van der Waals surface area contributed by atoms with Gasteiger partial charge in [-0.2, -0.15) is 21.9 Å². The summed E-state index contributed by atoms with van der Waals surface area (Å²) in [5, 5.41) is 14.8. The SMILES string of the molecule is Cc1cc(C(=O)N2CCC(C)(O)CC2)cc(C)c1/C=C/S(=O)(=O)N1CCC2(CC1)N=C(c1cccc(OC(F)(F)C(F)F)c1)NC2=C1CCC1. The second kappa shape index (κ2) is 13.4. The first-order chi connectivity index (χ1) is 23.5. The maximum Gasteiger partial charge on any atom is 0.461 e. The minimum absolute atomic E-state index is 0.116. The first-order valence-electron chi connectivity index (χ1n) is 16.8. The predicted molar refractivity (Wildman–Crippen MR) is 182 cm³/mol. The number of amides is 1. The lowest BCUT2D eigenvalue weighted by Crippen LogP contribution is -2.46. The number of hydrogen-bond donors (Lipinski definition) is 2. The van der Waals surface area contributed by atoms with Crippen molar-refractivity contribution in [1.29, 1.82) is 0 Å². The minimum atomic E-state index is -4.64. The number of aliphatic hydroxyl groups is 1. The van der Waals surface area contributed by atoms with Crippen molar-refractivity contribution in [2.75, 3.05) is 26.2 Å². The van der Waals surface area contributed by atoms with Crippen LogP contribution in [0.2, 0.25) is 0 Å². The van der Waals surface area contributed by atoms with Gasteiger partial charge in [0.15, 0.2) is 0 Å². The van der Waals surface area contributed by atoms with Crippen molar-refractivity contribution in [1.82, 2.24) is 14.5 Å². The highest BCUT2D eigenvalue weighted by Gasteiger charge is 2.47. The van der Waals surface area contributed by atoms with E-state index in [1.165, 1.54) is 33.5 Å². The van der Waals surface area contributed by atoms with E-state index < -0.39 is 39.4 Å². The van der Waals surface area contributed by atoms with Crippen molar-refractivity contribution in [3.63, 3.8) is 0 Å². The Kier molecular flexibility index (Phi) is 9.68. The molecule has 1 aliphatic carbocycles. The summed E-state index contributed by atoms with van der Waals surface area (Å²) in [4.78, 5) is 19.9. The van der Waals surface area contributed by atoms with Gasteiger partial charge in [0.25, 0.3) is 5.91 Å². The van der Waals surface area contributed by atoms with Crippen LogP contribution in [0.1, 0.15) is 84.5 Å². The molecule has 50 heavy (non-hydrogen) atoms. The molecule has 0 aromatic heterocycles. The number of sulfonamides is 1. The molecule has 2 aromatic rings. The number of likely N-dealkylation sites (tertiary alicyclic amines) is 1. The number of amidine groups is 1. The number of piperidine rings is 2. The van der Waals surface area contributed by atoms with Crippen molar-refractivity contribution in [2.45, 2.75) is 89.4 Å². The molecule has 3 heterocycles. The summed E-state index contributed by atoms with van der Waals surface area (Å²) in [7, 11) is -3.82. The van der Waals surface area contributed by atoms with Crippen LogP contribution in [-0.2, 0) is 10.0 Å². The van der Waals surface area contributed by atoms with Gasteiger partial charge >= 0.3 is 12.5 Å². The zero-order chi connectivity index (χ0) is 36.1. The summed E-state index contributed by atoms with van der Waals surface area (Å²) in [6.07, 6.45) is -2.53. The van der Waals surface area contributed by atoms with Crippen molar-refractivity contribution in [3.8, 4) is 5.75 Å². The molecule has 2 N–H and O–H groups in total. The Balaban J connectivity index is 1.16. The van der Waals surface area contributed by atoms with Crippen LogP contribution in [0.5, 0.6) is 5.75 Å². The average molecular weight is 719 g/mol. The van der Waals surface area contributed by atoms with Gasteiger partial charge in [-0.05, 0) is 118 Å². The van der Waals surface area contributed by atoms with Crippen molar-refractivity contribution in [3.05, 3.63) is 80.9 Å². The first-order valence-corrected chi connectivity index (χ1v) is 18.3. The highest BCUT2D eigenvalue weighted by atomic mass is 32.2. The topological polar surface area (TPSA) is 112 Å². The highest BCUT2D eigenvalue weighted by Crippen LogP contribution is 2.43. The monoisotopic (exact) mass is 718 g/mol. The summed E-state index contributed by atoms with van der Waals surface area (Å²) >= 11 is 0. The number of alkyl halides is 4. The summed E-state index contributed by atoms with van der Waals surface area (Å²) < 4.78 is 85.5. The fourth-order valence-electron chi connectivity index (χ4n) is 7.05. The van der Waals surface area contributed by atoms with Crippen LogP contribution in [0.4, 0.5) is 17.6 Å². The molecule has 2 aromatic carbocycles. The van der Waals surface area contributed by atoms with Gasteiger partial charge in [-0.3, -0.25) is 9.79 Å². The van der Waals surface area contributed by atoms with E-state index in [4.69, 9.17) is 4.99 Å². The van der Waals surface area contributed by atoms with Crippen LogP contribution in [0, 0.1) is 13.8 Å². The van der Waals surface area contributed by atoms with Crippen LogP contribution in [0.3, 0.4) is 0 Å². The third kappa shape index (κ3) is 7.33. The molecule has 3 fully saturated rings. The molecule has 270 valence electrons. The van der Waals surface area contributed by atoms with E-state index in [1.54, 1.807) is 36.1 Å². The Morgan fingerprint density at radius 2 is 1.68 bits per heavy atom. The van der Waals surface area contributed by atoms with E-state index >= 15 is 0 Å². The standard InChI is InChI=1S/C36H42F4N4O5S/c1-23-20-27(32(45)43-15-11-34(3,46)12-16-43)21-24(2)29(23)10-19-50(47,48)44-17-13-35(14-18-44)30(25-6-4-7-25)41-31(42-35)26-8-5-9-28(22-26)49-36(39,40)33(37)38/h5,8-10,19-22,33,46H,4,6-7,11-18H2,1-3H3,(H,41,42)/b19-10+. The van der Waals surface area contributed by atoms with Crippen LogP contribution in [0.25, 0.3) is 6.08 Å². The highest BCUT2D eigenvalue weighted by molar-refractivity contribution is 7.92. The lowest BCUT2D eigenvalue weighted by molar-refractivity contribution is -0.253. The predicted octanol–water partition coefficient (Wildman–Crippen LogP) is 6.15. The summed E-state index contributed by atoms with van der Waals surface area (Å²) in [6, 6.07) is 8.99. The molecule has 1 saturated carbocycles. The molecule has 3 aliphatic heterocycles. The van der Waals surface area contributed by atoms with Crippen molar-refractivity contribution < 1.29 is 40.6 Å². The zero-order valence-corrected chi connectivity index (χ0v) is 29.1. The van der Waals surface area contributed by atoms with Gasteiger partial charge in [-0.1, -0.05) is 12.1 Å². The molecule has 9 nitrogen and oxygen atoms in total. The molecule has 1 amide bonds. The average Bonchev–Trinajstić information content (AvgIpc) is 3.37. The van der Waals surface area contributed by atoms with E-state index in [-0.39, 0.29) is 19.0 Å². The van der Waals surface area contributed by atoms with Gasteiger partial charge < -0.3 is 20.1 Å². The number of nitrogens with zero attached hydrogens (tertiary/aromatic N) is 3. The normalized spacial score (nSPS) is 21.1. The fourth-order valence-corrected chi connectivity index (χ4v) is 8.22. The van der Waals surface area contributed by atoms with E-state index in [1.807, 2.05) is 13.8 Å². The molecule has 0 atom stereocenters. The Labute approximate surface area is 289 Å². The van der Waals surface area contributed by atoms with E-state index in [9.17, 15) is 35.9 Å². The largest absolute Gasteiger partial charge is 0.461 e. The van der Waals surface area contributed by atoms with E-state index in [0.29, 0.717) is 61.3 Å². The summed E-state index contributed by atoms with van der Waals surface area (Å²) in [5.74, 6) is -0.149. The maximum absolute atomic E-state index is 13.6. The molecular formula is C36H42F4N4O5S. The quantitative estimate of drug-likeness (QED) is 0.317. The number of aliphatic imine (C=N–C) groups is 1. The third-order valence-corrected chi connectivity index (χ3v) is 11.8. The van der Waals surface area contributed by atoms with Crippen LogP contribution < -0.4 is 10.1 Å². The van der Waals surface area contributed by atoms with Gasteiger partial charge in [-0.15, -0.1) is 0 Å². The lowest BCUT2D eigenvalue weighted by atomic mass is 9.79. The number of nitrogens with one attached hydrogen (secondary N) is 1. The molecule has 4 aliphatic rings. The number of carbonyl (C=O) groups is 1. The molecule has 6 rings (SSSR count). The Hall–Kier alpha value is -3.75. The van der Waals surface area contributed by atoms with Crippen molar-refractivity contribution in [2.24, 2.45) is 4.99 Å².